The lowest BCUT2D eigenvalue weighted by atomic mass is 10.1. The summed E-state index contributed by atoms with van der Waals surface area (Å²) in [5.41, 5.74) is 0. The molecule has 0 bridgehead atoms. The number of epoxide rings is 1. The molecule has 0 spiro atoms. The lowest BCUT2D eigenvalue weighted by Crippen LogP contribution is -1.99. The van der Waals surface area contributed by atoms with Crippen molar-refractivity contribution in [2.75, 3.05) is 13.7 Å². The van der Waals surface area contributed by atoms with Gasteiger partial charge in [-0.25, -0.2) is 0 Å². The third-order valence-corrected chi connectivity index (χ3v) is 3.14. The number of rotatable bonds is 10. The van der Waals surface area contributed by atoms with Gasteiger partial charge in [0.25, 0.3) is 0 Å². The Labute approximate surface area is 94.3 Å². The average Bonchev–Trinajstić information content (AvgIpc) is 2.99. The van der Waals surface area contributed by atoms with Crippen molar-refractivity contribution in [3.05, 3.63) is 0 Å². The quantitative estimate of drug-likeness (QED) is 0.410. The fourth-order valence-corrected chi connectivity index (χ4v) is 2.05. The first kappa shape index (κ1) is 13.0. The Morgan fingerprint density at radius 1 is 0.933 bits per heavy atom. The molecule has 1 aliphatic rings. The fraction of sp³-hybridized carbons (Fsp3) is 1.00. The van der Waals surface area contributed by atoms with E-state index >= 15 is 0 Å². The highest BCUT2D eigenvalue weighted by Crippen LogP contribution is 2.30. The van der Waals surface area contributed by atoms with Crippen molar-refractivity contribution in [1.82, 2.24) is 0 Å². The molecule has 2 heteroatoms. The first-order valence-corrected chi connectivity index (χ1v) is 6.53. The third-order valence-electron chi connectivity index (χ3n) is 3.14. The monoisotopic (exact) mass is 214 g/mol. The minimum Gasteiger partial charge on any atom is -0.385 e. The Kier molecular flexibility index (Phi) is 7.03. The van der Waals surface area contributed by atoms with Gasteiger partial charge in [-0.15, -0.1) is 0 Å². The third kappa shape index (κ3) is 6.16. The van der Waals surface area contributed by atoms with Gasteiger partial charge in [0, 0.05) is 13.7 Å². The molecule has 0 aromatic heterocycles. The van der Waals surface area contributed by atoms with E-state index in [-0.39, 0.29) is 0 Å². The zero-order valence-electron chi connectivity index (χ0n) is 10.3. The van der Waals surface area contributed by atoms with Gasteiger partial charge in [0.1, 0.15) is 0 Å². The molecule has 1 rings (SSSR count). The van der Waals surface area contributed by atoms with Crippen molar-refractivity contribution < 1.29 is 9.47 Å². The van der Waals surface area contributed by atoms with Crippen LogP contribution in [0.1, 0.15) is 58.3 Å². The second-order valence-corrected chi connectivity index (χ2v) is 4.55. The topological polar surface area (TPSA) is 21.8 Å². The van der Waals surface area contributed by atoms with E-state index in [2.05, 4.69) is 6.92 Å². The van der Waals surface area contributed by atoms with Crippen LogP contribution in [-0.4, -0.2) is 25.9 Å². The molecular formula is C13H26O2. The molecule has 1 aliphatic heterocycles. The normalized spacial score (nSPS) is 24.4. The highest BCUT2D eigenvalue weighted by molar-refractivity contribution is 4.84. The zero-order chi connectivity index (χ0) is 10.9. The van der Waals surface area contributed by atoms with E-state index in [0.717, 1.165) is 13.0 Å². The molecule has 1 heterocycles. The van der Waals surface area contributed by atoms with Crippen molar-refractivity contribution in [1.29, 1.82) is 0 Å². The van der Waals surface area contributed by atoms with Crippen LogP contribution in [0, 0.1) is 0 Å². The Balaban J connectivity index is 1.78. The van der Waals surface area contributed by atoms with Gasteiger partial charge in [-0.2, -0.15) is 0 Å². The van der Waals surface area contributed by atoms with E-state index < -0.39 is 0 Å². The predicted octanol–water partition coefficient (Wildman–Crippen LogP) is 3.54. The summed E-state index contributed by atoms with van der Waals surface area (Å²) in [6.45, 7) is 3.11. The highest BCUT2D eigenvalue weighted by atomic mass is 16.6. The van der Waals surface area contributed by atoms with E-state index in [1.807, 2.05) is 0 Å². The zero-order valence-corrected chi connectivity index (χ0v) is 10.3. The first-order valence-electron chi connectivity index (χ1n) is 6.53. The van der Waals surface area contributed by atoms with E-state index in [4.69, 9.17) is 9.47 Å². The molecule has 90 valence electrons. The molecule has 0 aromatic carbocycles. The molecular weight excluding hydrogens is 188 g/mol. The van der Waals surface area contributed by atoms with Gasteiger partial charge in [-0.1, -0.05) is 45.4 Å². The van der Waals surface area contributed by atoms with Crippen LogP contribution < -0.4 is 0 Å². The summed E-state index contributed by atoms with van der Waals surface area (Å²) in [6.07, 6.45) is 11.7. The van der Waals surface area contributed by atoms with E-state index in [9.17, 15) is 0 Å². The summed E-state index contributed by atoms with van der Waals surface area (Å²) in [5.74, 6) is 0. The van der Waals surface area contributed by atoms with Crippen LogP contribution in [0.25, 0.3) is 0 Å². The predicted molar refractivity (Wildman–Crippen MR) is 63.1 cm³/mol. The summed E-state index contributed by atoms with van der Waals surface area (Å²) in [6, 6.07) is 0. The summed E-state index contributed by atoms with van der Waals surface area (Å²) >= 11 is 0. The molecule has 2 nitrogen and oxygen atoms in total. The molecule has 0 N–H and O–H groups in total. The minimum atomic E-state index is 0.514. The Morgan fingerprint density at radius 2 is 1.60 bits per heavy atom. The van der Waals surface area contributed by atoms with Crippen LogP contribution in [-0.2, 0) is 9.47 Å². The SMILES string of the molecule is CCCCCCCC[C@H]1O[C@H]1CCOC. The molecule has 0 aliphatic carbocycles. The van der Waals surface area contributed by atoms with Gasteiger partial charge >= 0.3 is 0 Å². The summed E-state index contributed by atoms with van der Waals surface area (Å²) in [7, 11) is 1.76. The van der Waals surface area contributed by atoms with E-state index in [1.165, 1.54) is 44.9 Å². The first-order chi connectivity index (χ1) is 7.38. The Hall–Kier alpha value is -0.0800. The maximum atomic E-state index is 5.57. The minimum absolute atomic E-state index is 0.514. The molecule has 2 atom stereocenters. The van der Waals surface area contributed by atoms with Gasteiger partial charge in [0.2, 0.25) is 0 Å². The van der Waals surface area contributed by atoms with Gasteiger partial charge < -0.3 is 9.47 Å². The van der Waals surface area contributed by atoms with Crippen molar-refractivity contribution >= 4 is 0 Å². The van der Waals surface area contributed by atoms with Crippen LogP contribution in [0.15, 0.2) is 0 Å². The standard InChI is InChI=1S/C13H26O2/c1-3-4-5-6-7-8-9-12-13(15-12)10-11-14-2/h12-13H,3-11H2,1-2H3/t12-,13+/m1/s1. The van der Waals surface area contributed by atoms with Crippen molar-refractivity contribution in [2.45, 2.75) is 70.5 Å². The average molecular weight is 214 g/mol. The maximum absolute atomic E-state index is 5.57. The Morgan fingerprint density at radius 3 is 2.33 bits per heavy atom. The number of hydrogen-bond donors (Lipinski definition) is 0. The number of ether oxygens (including phenoxy) is 2. The van der Waals surface area contributed by atoms with E-state index in [1.54, 1.807) is 7.11 Å². The van der Waals surface area contributed by atoms with Crippen molar-refractivity contribution in [3.8, 4) is 0 Å². The number of unbranched alkanes of at least 4 members (excludes halogenated alkanes) is 5. The van der Waals surface area contributed by atoms with Crippen molar-refractivity contribution in [2.24, 2.45) is 0 Å². The van der Waals surface area contributed by atoms with Gasteiger partial charge in [0.05, 0.1) is 12.2 Å². The van der Waals surface area contributed by atoms with Gasteiger partial charge in [-0.3, -0.25) is 0 Å². The molecule has 0 aromatic rings. The lowest BCUT2D eigenvalue weighted by molar-refractivity contribution is 0.184. The second-order valence-electron chi connectivity index (χ2n) is 4.55. The second kappa shape index (κ2) is 8.12. The molecule has 1 saturated heterocycles. The molecule has 0 radical (unpaired) electrons. The van der Waals surface area contributed by atoms with Crippen LogP contribution in [0.3, 0.4) is 0 Å². The summed E-state index contributed by atoms with van der Waals surface area (Å²) in [4.78, 5) is 0. The largest absolute Gasteiger partial charge is 0.385 e. The highest BCUT2D eigenvalue weighted by Gasteiger charge is 2.36. The lowest BCUT2D eigenvalue weighted by Gasteiger charge is -1.98. The Bertz CT molecular complexity index is 147. The molecule has 0 amide bonds. The maximum Gasteiger partial charge on any atom is 0.0863 e. The van der Waals surface area contributed by atoms with Crippen LogP contribution in [0.4, 0.5) is 0 Å². The van der Waals surface area contributed by atoms with Gasteiger partial charge in [0.15, 0.2) is 0 Å². The van der Waals surface area contributed by atoms with Gasteiger partial charge in [-0.05, 0) is 12.8 Å². The summed E-state index contributed by atoms with van der Waals surface area (Å²) in [5, 5.41) is 0. The number of hydrogen-bond acceptors (Lipinski definition) is 2. The van der Waals surface area contributed by atoms with Crippen LogP contribution >= 0.6 is 0 Å². The molecule has 1 fully saturated rings. The fourth-order valence-electron chi connectivity index (χ4n) is 2.05. The molecule has 15 heavy (non-hydrogen) atoms. The number of methoxy groups -OCH3 is 1. The molecule has 0 unspecified atom stereocenters. The van der Waals surface area contributed by atoms with Crippen molar-refractivity contribution in [3.63, 3.8) is 0 Å². The van der Waals surface area contributed by atoms with E-state index in [0.29, 0.717) is 12.2 Å². The summed E-state index contributed by atoms with van der Waals surface area (Å²) < 4.78 is 10.6. The molecule has 0 saturated carbocycles. The smallest absolute Gasteiger partial charge is 0.0863 e. The van der Waals surface area contributed by atoms with Crippen LogP contribution in [0.5, 0.6) is 0 Å². The van der Waals surface area contributed by atoms with Crippen LogP contribution in [0.2, 0.25) is 0 Å².